The fourth-order valence-electron chi connectivity index (χ4n) is 3.19. The van der Waals surface area contributed by atoms with Gasteiger partial charge in [-0.25, -0.2) is 0 Å². The van der Waals surface area contributed by atoms with Crippen LogP contribution in [0.4, 0.5) is 0 Å². The van der Waals surface area contributed by atoms with Crippen molar-refractivity contribution in [3.8, 4) is 0 Å². The summed E-state index contributed by atoms with van der Waals surface area (Å²) in [6, 6.07) is 4.05. The van der Waals surface area contributed by atoms with Crippen molar-refractivity contribution in [2.24, 2.45) is 0 Å². The van der Waals surface area contributed by atoms with Crippen LogP contribution in [0.5, 0.6) is 0 Å². The van der Waals surface area contributed by atoms with E-state index in [1.54, 1.807) is 12.4 Å². The fourth-order valence-corrected chi connectivity index (χ4v) is 3.19. The van der Waals surface area contributed by atoms with Gasteiger partial charge in [0.1, 0.15) is 5.54 Å². The van der Waals surface area contributed by atoms with Crippen LogP contribution in [0.1, 0.15) is 12.0 Å². The van der Waals surface area contributed by atoms with E-state index in [0.717, 1.165) is 32.7 Å². The van der Waals surface area contributed by atoms with Gasteiger partial charge in [0.15, 0.2) is 0 Å². The monoisotopic (exact) mass is 291 g/mol. The second-order valence-electron chi connectivity index (χ2n) is 5.76. The summed E-state index contributed by atoms with van der Waals surface area (Å²) < 4.78 is 5.35. The molecule has 0 radical (unpaired) electrons. The van der Waals surface area contributed by atoms with Gasteiger partial charge in [0.05, 0.1) is 6.61 Å². The van der Waals surface area contributed by atoms with Crippen molar-refractivity contribution < 1.29 is 14.6 Å². The molecule has 2 aliphatic heterocycles. The number of aromatic nitrogens is 1. The van der Waals surface area contributed by atoms with Crippen LogP contribution in [0.15, 0.2) is 24.5 Å². The Morgan fingerprint density at radius 2 is 2.00 bits per heavy atom. The Kier molecular flexibility index (Phi) is 4.19. The zero-order valence-corrected chi connectivity index (χ0v) is 12.1. The van der Waals surface area contributed by atoms with Crippen molar-refractivity contribution in [1.29, 1.82) is 0 Å². The predicted molar refractivity (Wildman–Crippen MR) is 76.9 cm³/mol. The topological polar surface area (TPSA) is 65.9 Å². The summed E-state index contributed by atoms with van der Waals surface area (Å²) in [7, 11) is 0. The summed E-state index contributed by atoms with van der Waals surface area (Å²) in [6.45, 7) is 5.08. The molecule has 2 fully saturated rings. The SMILES string of the molecule is O=C(O)C1(N2CCN(Cc3ccncc3)CC2)CCOC1. The Morgan fingerprint density at radius 3 is 2.57 bits per heavy atom. The quantitative estimate of drug-likeness (QED) is 0.868. The molecule has 1 unspecified atom stereocenters. The fraction of sp³-hybridized carbons (Fsp3) is 0.600. The lowest BCUT2D eigenvalue weighted by Crippen LogP contribution is -2.61. The number of rotatable bonds is 4. The summed E-state index contributed by atoms with van der Waals surface area (Å²) in [4.78, 5) is 20.1. The molecule has 0 amide bonds. The van der Waals surface area contributed by atoms with Crippen molar-refractivity contribution in [2.45, 2.75) is 18.5 Å². The maximum absolute atomic E-state index is 11.7. The number of nitrogens with zero attached hydrogens (tertiary/aromatic N) is 3. The Balaban J connectivity index is 1.59. The third kappa shape index (κ3) is 2.92. The molecular weight excluding hydrogens is 270 g/mol. The second-order valence-corrected chi connectivity index (χ2v) is 5.76. The first-order chi connectivity index (χ1) is 10.2. The number of carboxylic acid groups (broad SMARTS) is 1. The van der Waals surface area contributed by atoms with Crippen LogP contribution < -0.4 is 0 Å². The average molecular weight is 291 g/mol. The van der Waals surface area contributed by atoms with Crippen molar-refractivity contribution >= 4 is 5.97 Å². The molecule has 114 valence electrons. The van der Waals surface area contributed by atoms with Gasteiger partial charge in [0, 0.05) is 58.1 Å². The van der Waals surface area contributed by atoms with Gasteiger partial charge < -0.3 is 9.84 Å². The number of aliphatic carboxylic acids is 1. The third-order valence-corrected chi connectivity index (χ3v) is 4.53. The van der Waals surface area contributed by atoms with E-state index in [0.29, 0.717) is 19.6 Å². The van der Waals surface area contributed by atoms with Crippen LogP contribution in [-0.4, -0.2) is 70.8 Å². The van der Waals surface area contributed by atoms with Crippen LogP contribution in [0.3, 0.4) is 0 Å². The normalized spacial score (nSPS) is 27.8. The van der Waals surface area contributed by atoms with Gasteiger partial charge in [-0.2, -0.15) is 0 Å². The molecule has 1 aromatic rings. The minimum atomic E-state index is -0.803. The smallest absolute Gasteiger partial charge is 0.326 e. The molecule has 1 aromatic heterocycles. The number of carboxylic acids is 1. The van der Waals surface area contributed by atoms with Crippen molar-refractivity contribution in [3.05, 3.63) is 30.1 Å². The zero-order chi connectivity index (χ0) is 14.7. The van der Waals surface area contributed by atoms with Crippen LogP contribution >= 0.6 is 0 Å². The van der Waals surface area contributed by atoms with E-state index in [-0.39, 0.29) is 0 Å². The first-order valence-corrected chi connectivity index (χ1v) is 7.38. The van der Waals surface area contributed by atoms with E-state index in [2.05, 4.69) is 14.8 Å². The van der Waals surface area contributed by atoms with Gasteiger partial charge in [0.2, 0.25) is 0 Å². The van der Waals surface area contributed by atoms with Crippen LogP contribution in [-0.2, 0) is 16.1 Å². The molecule has 6 nitrogen and oxygen atoms in total. The van der Waals surface area contributed by atoms with Gasteiger partial charge >= 0.3 is 5.97 Å². The van der Waals surface area contributed by atoms with Crippen LogP contribution in [0.25, 0.3) is 0 Å². The minimum Gasteiger partial charge on any atom is -0.480 e. The standard InChI is InChI=1S/C15H21N3O3/c19-14(20)15(3-10-21-12-15)18-8-6-17(7-9-18)11-13-1-4-16-5-2-13/h1-2,4-5H,3,6-12H2,(H,19,20). The largest absolute Gasteiger partial charge is 0.480 e. The molecule has 6 heteroatoms. The third-order valence-electron chi connectivity index (χ3n) is 4.53. The lowest BCUT2D eigenvalue weighted by Gasteiger charge is -2.42. The summed E-state index contributed by atoms with van der Waals surface area (Å²) in [5, 5.41) is 9.57. The second kappa shape index (κ2) is 6.09. The molecule has 2 saturated heterocycles. The first-order valence-electron chi connectivity index (χ1n) is 7.38. The Bertz CT molecular complexity index is 480. The van der Waals surface area contributed by atoms with Crippen molar-refractivity contribution in [2.75, 3.05) is 39.4 Å². The highest BCUT2D eigenvalue weighted by molar-refractivity contribution is 5.79. The summed E-state index contributed by atoms with van der Waals surface area (Å²) in [5.74, 6) is -0.748. The molecule has 0 bridgehead atoms. The van der Waals surface area contributed by atoms with Gasteiger partial charge in [-0.3, -0.25) is 19.6 Å². The van der Waals surface area contributed by atoms with Gasteiger partial charge in [-0.1, -0.05) is 0 Å². The number of ether oxygens (including phenoxy) is 1. The van der Waals surface area contributed by atoms with E-state index in [1.807, 2.05) is 12.1 Å². The van der Waals surface area contributed by atoms with E-state index in [9.17, 15) is 9.90 Å². The highest BCUT2D eigenvalue weighted by Crippen LogP contribution is 2.28. The maximum atomic E-state index is 11.7. The first kappa shape index (κ1) is 14.4. The van der Waals surface area contributed by atoms with Crippen LogP contribution in [0.2, 0.25) is 0 Å². The van der Waals surface area contributed by atoms with Crippen molar-refractivity contribution in [1.82, 2.24) is 14.8 Å². The summed E-state index contributed by atoms with van der Waals surface area (Å²) in [5.41, 5.74) is 0.443. The molecule has 0 aromatic carbocycles. The molecule has 2 aliphatic rings. The van der Waals surface area contributed by atoms with Crippen molar-refractivity contribution in [3.63, 3.8) is 0 Å². The van der Waals surface area contributed by atoms with Gasteiger partial charge in [-0.15, -0.1) is 0 Å². The maximum Gasteiger partial charge on any atom is 0.326 e. The Labute approximate surface area is 124 Å². The lowest BCUT2D eigenvalue weighted by atomic mass is 9.95. The van der Waals surface area contributed by atoms with Crippen LogP contribution in [0, 0.1) is 0 Å². The number of pyridine rings is 1. The average Bonchev–Trinajstić information content (AvgIpc) is 3.00. The van der Waals surface area contributed by atoms with E-state index >= 15 is 0 Å². The molecular formula is C15H21N3O3. The summed E-state index contributed by atoms with van der Waals surface area (Å²) in [6.07, 6.45) is 4.20. The molecule has 21 heavy (non-hydrogen) atoms. The molecule has 3 heterocycles. The minimum absolute atomic E-state index is 0.312. The molecule has 1 atom stereocenters. The molecule has 0 spiro atoms. The Hall–Kier alpha value is -1.50. The van der Waals surface area contributed by atoms with Gasteiger partial charge in [-0.05, 0) is 17.7 Å². The number of carbonyl (C=O) groups is 1. The molecule has 0 aliphatic carbocycles. The Morgan fingerprint density at radius 1 is 1.29 bits per heavy atom. The number of piperazine rings is 1. The highest BCUT2D eigenvalue weighted by Gasteiger charge is 2.48. The van der Waals surface area contributed by atoms with E-state index in [1.165, 1.54) is 5.56 Å². The number of hydrogen-bond donors (Lipinski definition) is 1. The zero-order valence-electron chi connectivity index (χ0n) is 12.1. The molecule has 1 N–H and O–H groups in total. The van der Waals surface area contributed by atoms with E-state index in [4.69, 9.17) is 4.74 Å². The summed E-state index contributed by atoms with van der Waals surface area (Å²) >= 11 is 0. The van der Waals surface area contributed by atoms with Gasteiger partial charge in [0.25, 0.3) is 0 Å². The number of hydrogen-bond acceptors (Lipinski definition) is 5. The predicted octanol–water partition coefficient (Wildman–Crippen LogP) is 0.443. The molecule has 3 rings (SSSR count). The highest BCUT2D eigenvalue weighted by atomic mass is 16.5. The lowest BCUT2D eigenvalue weighted by molar-refractivity contribution is -0.153. The molecule has 0 saturated carbocycles. The van der Waals surface area contributed by atoms with E-state index < -0.39 is 11.5 Å².